The van der Waals surface area contributed by atoms with Crippen LogP contribution >= 0.6 is 11.8 Å². The fourth-order valence-corrected chi connectivity index (χ4v) is 4.37. The molecule has 5 rings (SSSR count). The van der Waals surface area contributed by atoms with Crippen LogP contribution in [0, 0.1) is 0 Å². The zero-order chi connectivity index (χ0) is 21.8. The third kappa shape index (κ3) is 4.43. The van der Waals surface area contributed by atoms with Gasteiger partial charge < -0.3 is 5.32 Å². The number of fused-ring (bicyclic) bond motifs is 1. The summed E-state index contributed by atoms with van der Waals surface area (Å²) < 4.78 is 2.04. The van der Waals surface area contributed by atoms with Gasteiger partial charge in [0, 0.05) is 23.1 Å². The largest absolute Gasteiger partial charge is 0.325 e. The van der Waals surface area contributed by atoms with E-state index in [-0.39, 0.29) is 11.7 Å². The Morgan fingerprint density at radius 1 is 0.812 bits per heavy atom. The van der Waals surface area contributed by atoms with Crippen LogP contribution < -0.4 is 5.32 Å². The number of carbonyl (C=O) groups excluding carboxylic acids is 1. The fourth-order valence-electron chi connectivity index (χ4n) is 3.58. The smallest absolute Gasteiger partial charge is 0.234 e. The van der Waals surface area contributed by atoms with Crippen LogP contribution in [0.4, 0.5) is 5.69 Å². The molecule has 0 atom stereocenters. The van der Waals surface area contributed by atoms with E-state index in [0.717, 1.165) is 38.6 Å². The van der Waals surface area contributed by atoms with Crippen LogP contribution in [0.3, 0.4) is 0 Å². The lowest BCUT2D eigenvalue weighted by molar-refractivity contribution is -0.113. The third-order valence-corrected chi connectivity index (χ3v) is 6.10. The van der Waals surface area contributed by atoms with Crippen molar-refractivity contribution in [3.05, 3.63) is 109 Å². The number of benzene rings is 4. The third-order valence-electron chi connectivity index (χ3n) is 5.14. The highest BCUT2D eigenvalue weighted by atomic mass is 32.2. The molecule has 4 aromatic carbocycles. The van der Waals surface area contributed by atoms with E-state index in [4.69, 9.17) is 4.98 Å². The van der Waals surface area contributed by atoms with Crippen LogP contribution in [0.2, 0.25) is 0 Å². The number of hydrogen-bond donors (Lipinski definition) is 1. The molecule has 0 aliphatic heterocycles. The Balaban J connectivity index is 1.35. The van der Waals surface area contributed by atoms with E-state index in [1.165, 1.54) is 11.8 Å². The molecule has 0 fully saturated rings. The number of nitrogens with one attached hydrogen (secondary N) is 1. The van der Waals surface area contributed by atoms with Crippen molar-refractivity contribution in [2.24, 2.45) is 0 Å². The number of hydrogen-bond acceptors (Lipinski definition) is 3. The van der Waals surface area contributed by atoms with Gasteiger partial charge >= 0.3 is 0 Å². The molecule has 1 heterocycles. The summed E-state index contributed by atoms with van der Waals surface area (Å²) in [7, 11) is 0. The fraction of sp³-hybridized carbons (Fsp3) is 0.0370. The van der Waals surface area contributed by atoms with Gasteiger partial charge in [0.15, 0.2) is 5.16 Å². The van der Waals surface area contributed by atoms with Gasteiger partial charge in [0.25, 0.3) is 0 Å². The molecule has 32 heavy (non-hydrogen) atoms. The van der Waals surface area contributed by atoms with Gasteiger partial charge in [-0.3, -0.25) is 9.36 Å². The molecule has 4 nitrogen and oxygen atoms in total. The van der Waals surface area contributed by atoms with Crippen LogP contribution in [0.15, 0.2) is 114 Å². The molecule has 5 aromatic rings. The monoisotopic (exact) mass is 435 g/mol. The summed E-state index contributed by atoms with van der Waals surface area (Å²) in [5.41, 5.74) is 3.74. The molecule has 0 aliphatic carbocycles. The molecule has 5 heteroatoms. The number of imidazole rings is 1. The van der Waals surface area contributed by atoms with Crippen molar-refractivity contribution < 1.29 is 4.79 Å². The average Bonchev–Trinajstić information content (AvgIpc) is 3.28. The van der Waals surface area contributed by atoms with E-state index < -0.39 is 0 Å². The number of nitrogens with zero attached hydrogens (tertiary/aromatic N) is 2. The molecule has 0 unspecified atom stereocenters. The van der Waals surface area contributed by atoms with Gasteiger partial charge in [0.05, 0.1) is 11.4 Å². The SMILES string of the molecule is O=C(CSc1nc(-c2ccccc2)cn1-c1ccccc1)Nc1ccc2ccccc2c1. The summed E-state index contributed by atoms with van der Waals surface area (Å²) in [5.74, 6) is 0.208. The number of thioether (sulfide) groups is 1. The molecule has 0 saturated heterocycles. The Kier molecular flexibility index (Phi) is 5.73. The van der Waals surface area contributed by atoms with Crippen LogP contribution in [0.1, 0.15) is 0 Å². The lowest BCUT2D eigenvalue weighted by Gasteiger charge is -2.08. The standard InChI is InChI=1S/C27H21N3OS/c31-26(28-23-16-15-20-9-7-8-12-22(20)17-23)19-32-27-29-25(21-10-3-1-4-11-21)18-30(27)24-13-5-2-6-14-24/h1-18H,19H2,(H,28,31). The molecule has 0 spiro atoms. The number of para-hydroxylation sites is 1. The van der Waals surface area contributed by atoms with Crippen molar-refractivity contribution in [3.8, 4) is 16.9 Å². The van der Waals surface area contributed by atoms with Gasteiger partial charge in [-0.2, -0.15) is 0 Å². The lowest BCUT2D eigenvalue weighted by Crippen LogP contribution is -2.14. The van der Waals surface area contributed by atoms with Gasteiger partial charge in [-0.1, -0.05) is 90.6 Å². The summed E-state index contributed by atoms with van der Waals surface area (Å²) in [6.07, 6.45) is 2.02. The second-order valence-corrected chi connectivity index (χ2v) is 8.32. The lowest BCUT2D eigenvalue weighted by atomic mass is 10.1. The number of aromatic nitrogens is 2. The van der Waals surface area contributed by atoms with Gasteiger partial charge in [0.2, 0.25) is 5.91 Å². The molecule has 1 N–H and O–H groups in total. The van der Waals surface area contributed by atoms with Gasteiger partial charge in [-0.15, -0.1) is 0 Å². The highest BCUT2D eigenvalue weighted by Gasteiger charge is 2.14. The highest BCUT2D eigenvalue weighted by molar-refractivity contribution is 7.99. The van der Waals surface area contributed by atoms with Crippen molar-refractivity contribution in [1.82, 2.24) is 9.55 Å². The number of carbonyl (C=O) groups is 1. The molecule has 0 bridgehead atoms. The summed E-state index contributed by atoms with van der Waals surface area (Å²) in [6.45, 7) is 0. The number of amides is 1. The van der Waals surface area contributed by atoms with Crippen molar-refractivity contribution in [2.75, 3.05) is 11.1 Å². The van der Waals surface area contributed by atoms with E-state index in [9.17, 15) is 4.79 Å². The first-order valence-corrected chi connectivity index (χ1v) is 11.4. The minimum absolute atomic E-state index is 0.0610. The zero-order valence-corrected chi connectivity index (χ0v) is 18.1. The Labute approximate surface area is 190 Å². The Bertz CT molecular complexity index is 1360. The Morgan fingerprint density at radius 2 is 1.50 bits per heavy atom. The maximum Gasteiger partial charge on any atom is 0.234 e. The summed E-state index contributed by atoms with van der Waals surface area (Å²) >= 11 is 1.43. The summed E-state index contributed by atoms with van der Waals surface area (Å²) in [5, 5.41) is 6.04. The van der Waals surface area contributed by atoms with E-state index in [1.54, 1.807) is 0 Å². The first-order chi connectivity index (χ1) is 15.8. The van der Waals surface area contributed by atoms with E-state index >= 15 is 0 Å². The van der Waals surface area contributed by atoms with Crippen molar-refractivity contribution in [2.45, 2.75) is 5.16 Å². The van der Waals surface area contributed by atoms with Crippen LogP contribution in [-0.2, 0) is 4.79 Å². The first kappa shape index (κ1) is 20.1. The predicted octanol–water partition coefficient (Wildman–Crippen LogP) is 6.42. The zero-order valence-electron chi connectivity index (χ0n) is 17.3. The Morgan fingerprint density at radius 3 is 2.28 bits per heavy atom. The molecule has 1 amide bonds. The van der Waals surface area contributed by atoms with Gasteiger partial charge in [0.1, 0.15) is 0 Å². The second-order valence-electron chi connectivity index (χ2n) is 7.38. The molecule has 1 aromatic heterocycles. The van der Waals surface area contributed by atoms with Crippen molar-refractivity contribution >= 4 is 34.1 Å². The van der Waals surface area contributed by atoms with Gasteiger partial charge in [-0.05, 0) is 35.0 Å². The number of anilines is 1. The van der Waals surface area contributed by atoms with Crippen LogP contribution in [0.25, 0.3) is 27.7 Å². The van der Waals surface area contributed by atoms with Gasteiger partial charge in [-0.25, -0.2) is 4.98 Å². The maximum atomic E-state index is 12.7. The second kappa shape index (κ2) is 9.12. The number of rotatable bonds is 6. The summed E-state index contributed by atoms with van der Waals surface area (Å²) in [6, 6.07) is 34.2. The molecule has 0 radical (unpaired) electrons. The minimum Gasteiger partial charge on any atom is -0.325 e. The van der Waals surface area contributed by atoms with Crippen LogP contribution in [0.5, 0.6) is 0 Å². The van der Waals surface area contributed by atoms with Crippen LogP contribution in [-0.4, -0.2) is 21.2 Å². The minimum atomic E-state index is -0.0610. The normalized spacial score (nSPS) is 10.9. The van der Waals surface area contributed by atoms with Crippen molar-refractivity contribution in [3.63, 3.8) is 0 Å². The first-order valence-electron chi connectivity index (χ1n) is 10.4. The topological polar surface area (TPSA) is 46.9 Å². The van der Waals surface area contributed by atoms with E-state index in [2.05, 4.69) is 11.4 Å². The maximum absolute atomic E-state index is 12.7. The molecular formula is C27H21N3OS. The summed E-state index contributed by atoms with van der Waals surface area (Å²) in [4.78, 5) is 17.5. The Hall–Kier alpha value is -3.83. The highest BCUT2D eigenvalue weighted by Crippen LogP contribution is 2.27. The molecule has 156 valence electrons. The molecule has 0 aliphatic rings. The molecule has 0 saturated carbocycles. The van der Waals surface area contributed by atoms with E-state index in [0.29, 0.717) is 0 Å². The average molecular weight is 436 g/mol. The predicted molar refractivity (Wildman–Crippen MR) is 132 cm³/mol. The van der Waals surface area contributed by atoms with E-state index in [1.807, 2.05) is 108 Å². The van der Waals surface area contributed by atoms with Crippen molar-refractivity contribution in [1.29, 1.82) is 0 Å². The molecular weight excluding hydrogens is 414 g/mol. The quantitative estimate of drug-likeness (QED) is 0.313.